The number of rotatable bonds is 6. The number of benzene rings is 1. The molecule has 0 bridgehead atoms. The molecule has 7 heteroatoms. The minimum Gasteiger partial charge on any atom is -0.351 e. The molecule has 4 aromatic rings. The van der Waals surface area contributed by atoms with Crippen LogP contribution in [0.25, 0.3) is 22.2 Å². The second kappa shape index (κ2) is 7.45. The molecular weight excluding hydrogens is 346 g/mol. The molecule has 4 rings (SSSR count). The maximum Gasteiger partial charge on any atom is 0.272 e. The van der Waals surface area contributed by atoms with E-state index >= 15 is 0 Å². The van der Waals surface area contributed by atoms with Crippen LogP contribution in [0.5, 0.6) is 0 Å². The highest BCUT2D eigenvalue weighted by Gasteiger charge is 2.13. The number of pyridine rings is 1. The third-order valence-electron chi connectivity index (χ3n) is 4.07. The van der Waals surface area contributed by atoms with Gasteiger partial charge in [-0.05, 0) is 24.6 Å². The summed E-state index contributed by atoms with van der Waals surface area (Å²) in [6.07, 6.45) is 5.19. The molecule has 0 unspecified atom stereocenters. The van der Waals surface area contributed by atoms with Crippen LogP contribution in [-0.4, -0.2) is 32.6 Å². The largest absolute Gasteiger partial charge is 0.351 e. The van der Waals surface area contributed by atoms with Gasteiger partial charge in [-0.1, -0.05) is 18.2 Å². The summed E-state index contributed by atoms with van der Waals surface area (Å²) in [6, 6.07) is 11.5. The predicted molar refractivity (Wildman–Crippen MR) is 102 cm³/mol. The lowest BCUT2D eigenvalue weighted by atomic mass is 10.2. The van der Waals surface area contributed by atoms with Crippen molar-refractivity contribution in [2.45, 2.75) is 12.8 Å². The van der Waals surface area contributed by atoms with Crippen LogP contribution >= 0.6 is 11.3 Å². The maximum atomic E-state index is 12.3. The molecule has 0 spiro atoms. The smallest absolute Gasteiger partial charge is 0.272 e. The van der Waals surface area contributed by atoms with Crippen LogP contribution in [0.2, 0.25) is 0 Å². The number of nitrogens with one attached hydrogen (secondary N) is 2. The number of H-pyrrole nitrogens is 1. The monoisotopic (exact) mass is 363 g/mol. The predicted octanol–water partition coefficient (Wildman–Crippen LogP) is 3.44. The minimum absolute atomic E-state index is 0.154. The standard InChI is InChI=1S/C19H17N5OS/c25-19(18-14-4-1-2-5-15(14)23-24-18)21-9-3-6-17-22-16(12-26-17)13-7-10-20-11-8-13/h1-2,4-5,7-8,10-12H,3,6,9H2,(H,21,25)(H,23,24). The lowest BCUT2D eigenvalue weighted by Crippen LogP contribution is -2.25. The molecule has 2 N–H and O–H groups in total. The zero-order valence-corrected chi connectivity index (χ0v) is 14.8. The van der Waals surface area contributed by atoms with Crippen molar-refractivity contribution < 1.29 is 4.79 Å². The van der Waals surface area contributed by atoms with Gasteiger partial charge < -0.3 is 5.32 Å². The number of aromatic amines is 1. The second-order valence-electron chi connectivity index (χ2n) is 5.84. The molecule has 0 aliphatic heterocycles. The van der Waals surface area contributed by atoms with Gasteiger partial charge in [0, 0.05) is 41.7 Å². The summed E-state index contributed by atoms with van der Waals surface area (Å²) in [4.78, 5) is 21.0. The summed E-state index contributed by atoms with van der Waals surface area (Å²) in [6.45, 7) is 0.587. The Hall–Kier alpha value is -3.06. The van der Waals surface area contributed by atoms with Crippen LogP contribution in [0.1, 0.15) is 21.9 Å². The zero-order chi connectivity index (χ0) is 17.8. The summed E-state index contributed by atoms with van der Waals surface area (Å²) < 4.78 is 0. The van der Waals surface area contributed by atoms with Gasteiger partial charge >= 0.3 is 0 Å². The number of amides is 1. The number of para-hydroxylation sites is 1. The lowest BCUT2D eigenvalue weighted by Gasteiger charge is -2.02. The summed E-state index contributed by atoms with van der Waals surface area (Å²) >= 11 is 1.64. The molecule has 0 fully saturated rings. The summed E-state index contributed by atoms with van der Waals surface area (Å²) in [5.74, 6) is -0.154. The van der Waals surface area contributed by atoms with Crippen LogP contribution in [0.4, 0.5) is 0 Å². The summed E-state index contributed by atoms with van der Waals surface area (Å²) in [7, 11) is 0. The number of aromatic nitrogens is 4. The van der Waals surface area contributed by atoms with Crippen LogP contribution < -0.4 is 5.32 Å². The van der Waals surface area contributed by atoms with Gasteiger partial charge in [0.15, 0.2) is 5.69 Å². The van der Waals surface area contributed by atoms with Gasteiger partial charge in [0.25, 0.3) is 5.91 Å². The van der Waals surface area contributed by atoms with E-state index in [2.05, 4.69) is 30.9 Å². The van der Waals surface area contributed by atoms with Gasteiger partial charge in [-0.25, -0.2) is 4.98 Å². The average Bonchev–Trinajstić information content (AvgIpc) is 3.33. The fraction of sp³-hybridized carbons (Fsp3) is 0.158. The molecule has 0 aliphatic rings. The number of thiazole rings is 1. The first-order chi connectivity index (χ1) is 12.8. The Morgan fingerprint density at radius 1 is 1.15 bits per heavy atom. The van der Waals surface area contributed by atoms with Gasteiger partial charge in [-0.15, -0.1) is 11.3 Å². The number of aryl methyl sites for hydroxylation is 1. The Morgan fingerprint density at radius 3 is 2.88 bits per heavy atom. The zero-order valence-electron chi connectivity index (χ0n) is 14.0. The molecule has 0 saturated carbocycles. The van der Waals surface area contributed by atoms with Gasteiger partial charge in [0.05, 0.1) is 16.2 Å². The van der Waals surface area contributed by atoms with E-state index < -0.39 is 0 Å². The lowest BCUT2D eigenvalue weighted by molar-refractivity contribution is 0.0950. The van der Waals surface area contributed by atoms with Crippen molar-refractivity contribution in [3.05, 3.63) is 64.9 Å². The molecule has 0 radical (unpaired) electrons. The van der Waals surface area contributed by atoms with Crippen LogP contribution in [-0.2, 0) is 6.42 Å². The number of carbonyl (C=O) groups excluding carboxylic acids is 1. The second-order valence-corrected chi connectivity index (χ2v) is 6.78. The number of nitrogens with zero attached hydrogens (tertiary/aromatic N) is 3. The number of fused-ring (bicyclic) bond motifs is 1. The highest BCUT2D eigenvalue weighted by molar-refractivity contribution is 7.09. The van der Waals surface area contributed by atoms with Crippen LogP contribution in [0.3, 0.4) is 0 Å². The first kappa shape index (κ1) is 16.4. The van der Waals surface area contributed by atoms with E-state index in [9.17, 15) is 4.79 Å². The average molecular weight is 363 g/mol. The van der Waals surface area contributed by atoms with Crippen molar-refractivity contribution in [2.75, 3.05) is 6.54 Å². The highest BCUT2D eigenvalue weighted by Crippen LogP contribution is 2.21. The topological polar surface area (TPSA) is 83.6 Å². The Kier molecular flexibility index (Phi) is 4.70. The quantitative estimate of drug-likeness (QED) is 0.514. The molecule has 3 heterocycles. The van der Waals surface area contributed by atoms with Crippen molar-refractivity contribution in [2.24, 2.45) is 0 Å². The molecule has 6 nitrogen and oxygen atoms in total. The molecule has 1 aromatic carbocycles. The van der Waals surface area contributed by atoms with E-state index in [1.807, 2.05) is 36.4 Å². The van der Waals surface area contributed by atoms with Gasteiger partial charge in [-0.3, -0.25) is 14.9 Å². The minimum atomic E-state index is -0.154. The normalized spacial score (nSPS) is 10.9. The summed E-state index contributed by atoms with van der Waals surface area (Å²) in [5.41, 5.74) is 3.35. The van der Waals surface area contributed by atoms with Crippen LogP contribution in [0, 0.1) is 0 Å². The summed E-state index contributed by atoms with van der Waals surface area (Å²) in [5, 5.41) is 13.9. The fourth-order valence-corrected chi connectivity index (χ4v) is 3.59. The number of carbonyl (C=O) groups is 1. The van der Waals surface area contributed by atoms with Crippen molar-refractivity contribution in [3.8, 4) is 11.3 Å². The molecule has 1 amide bonds. The first-order valence-corrected chi connectivity index (χ1v) is 9.25. The van der Waals surface area contributed by atoms with Crippen LogP contribution in [0.15, 0.2) is 54.2 Å². The van der Waals surface area contributed by atoms with Crippen molar-refractivity contribution in [3.63, 3.8) is 0 Å². The van der Waals surface area contributed by atoms with E-state index in [4.69, 9.17) is 0 Å². The highest BCUT2D eigenvalue weighted by atomic mass is 32.1. The Balaban J connectivity index is 1.30. The third kappa shape index (κ3) is 3.48. The first-order valence-electron chi connectivity index (χ1n) is 8.37. The molecule has 130 valence electrons. The van der Waals surface area contributed by atoms with Gasteiger partial charge in [0.1, 0.15) is 0 Å². The number of hydrogen-bond donors (Lipinski definition) is 2. The number of hydrogen-bond acceptors (Lipinski definition) is 5. The fourth-order valence-electron chi connectivity index (χ4n) is 2.74. The molecule has 0 aliphatic carbocycles. The maximum absolute atomic E-state index is 12.3. The van der Waals surface area contributed by atoms with E-state index in [-0.39, 0.29) is 5.91 Å². The van der Waals surface area contributed by atoms with Crippen molar-refractivity contribution >= 4 is 28.1 Å². The van der Waals surface area contributed by atoms with Crippen molar-refractivity contribution in [1.82, 2.24) is 25.5 Å². The SMILES string of the molecule is O=C(NCCCc1nc(-c2ccncc2)cs1)c1n[nH]c2ccccc12. The van der Waals surface area contributed by atoms with Gasteiger partial charge in [-0.2, -0.15) is 5.10 Å². The van der Waals surface area contributed by atoms with E-state index in [1.165, 1.54) is 0 Å². The van der Waals surface area contributed by atoms with E-state index in [1.54, 1.807) is 23.7 Å². The van der Waals surface area contributed by atoms with E-state index in [0.717, 1.165) is 40.0 Å². The van der Waals surface area contributed by atoms with Gasteiger partial charge in [0.2, 0.25) is 0 Å². The van der Waals surface area contributed by atoms with E-state index in [0.29, 0.717) is 12.2 Å². The molecule has 0 saturated heterocycles. The third-order valence-corrected chi connectivity index (χ3v) is 4.97. The molecule has 26 heavy (non-hydrogen) atoms. The Bertz CT molecular complexity index is 1020. The van der Waals surface area contributed by atoms with Crippen molar-refractivity contribution in [1.29, 1.82) is 0 Å². The molecule has 3 aromatic heterocycles. The Labute approximate surface area is 154 Å². The molecule has 0 atom stereocenters. The Morgan fingerprint density at radius 2 is 2.00 bits per heavy atom. The molecular formula is C19H17N5OS.